The highest BCUT2D eigenvalue weighted by Gasteiger charge is 2.23. The fourth-order valence-corrected chi connectivity index (χ4v) is 1.88. The van der Waals surface area contributed by atoms with Gasteiger partial charge in [-0.05, 0) is 12.8 Å². The van der Waals surface area contributed by atoms with E-state index in [4.69, 9.17) is 9.84 Å². The number of hydrogen-bond donors (Lipinski definition) is 2. The lowest BCUT2D eigenvalue weighted by Gasteiger charge is -2.14. The Bertz CT molecular complexity index is 537. The number of ether oxygens (including phenoxy) is 1. The Morgan fingerprint density at radius 3 is 2.77 bits per heavy atom. The molecule has 2 N–H and O–H groups in total. The highest BCUT2D eigenvalue weighted by Crippen LogP contribution is 2.10. The van der Waals surface area contributed by atoms with E-state index in [1.165, 1.54) is 12.3 Å². The number of aromatic nitrogens is 2. The maximum absolute atomic E-state index is 12.2. The molecule has 7 heteroatoms. The van der Waals surface area contributed by atoms with Crippen LogP contribution in [0.2, 0.25) is 0 Å². The first kappa shape index (κ1) is 17.9. The number of nitrogens with one attached hydrogen (secondary N) is 1. The molecule has 1 unspecified atom stereocenters. The molecule has 1 aromatic heterocycles. The molecular formula is C15H23N3O4. The third-order valence-corrected chi connectivity index (χ3v) is 3.01. The number of carboxylic acid groups (broad SMARTS) is 1. The fraction of sp³-hybridized carbons (Fsp3) is 0.533. The molecule has 0 bridgehead atoms. The van der Waals surface area contributed by atoms with Crippen molar-refractivity contribution >= 4 is 11.9 Å². The molecule has 1 rings (SSSR count). The van der Waals surface area contributed by atoms with Crippen LogP contribution in [0.15, 0.2) is 18.9 Å². The second-order valence-electron chi connectivity index (χ2n) is 5.41. The van der Waals surface area contributed by atoms with Gasteiger partial charge in [0, 0.05) is 12.2 Å². The summed E-state index contributed by atoms with van der Waals surface area (Å²) in [6.45, 7) is 10.2. The van der Waals surface area contributed by atoms with Gasteiger partial charge in [-0.15, -0.1) is 6.58 Å². The molecule has 1 amide bonds. The molecule has 122 valence electrons. The molecule has 1 aromatic rings. The molecule has 0 radical (unpaired) electrons. The van der Waals surface area contributed by atoms with Crippen LogP contribution in [0.1, 0.15) is 29.9 Å². The molecule has 0 saturated carbocycles. The second-order valence-corrected chi connectivity index (χ2v) is 5.41. The molecule has 22 heavy (non-hydrogen) atoms. The van der Waals surface area contributed by atoms with E-state index >= 15 is 0 Å². The molecule has 0 aliphatic heterocycles. The van der Waals surface area contributed by atoms with E-state index in [0.29, 0.717) is 23.7 Å². The van der Waals surface area contributed by atoms with Crippen molar-refractivity contribution in [3.8, 4) is 0 Å². The van der Waals surface area contributed by atoms with Crippen molar-refractivity contribution in [2.75, 3.05) is 13.2 Å². The summed E-state index contributed by atoms with van der Waals surface area (Å²) in [5.74, 6) is -1.22. The van der Waals surface area contributed by atoms with E-state index in [9.17, 15) is 9.59 Å². The van der Waals surface area contributed by atoms with Gasteiger partial charge in [0.05, 0.1) is 25.0 Å². The summed E-state index contributed by atoms with van der Waals surface area (Å²) in [6.07, 6.45) is 2.97. The summed E-state index contributed by atoms with van der Waals surface area (Å²) in [7, 11) is 0. The number of aliphatic carboxylic acids is 1. The number of amides is 1. The van der Waals surface area contributed by atoms with Crippen LogP contribution in [0.5, 0.6) is 0 Å². The first-order valence-electron chi connectivity index (χ1n) is 7.11. The smallest absolute Gasteiger partial charge is 0.328 e. The molecule has 0 aromatic carbocycles. The predicted octanol–water partition coefficient (Wildman–Crippen LogP) is 1.23. The Morgan fingerprint density at radius 1 is 1.55 bits per heavy atom. The third-order valence-electron chi connectivity index (χ3n) is 3.01. The van der Waals surface area contributed by atoms with E-state index in [0.717, 1.165) is 0 Å². The lowest BCUT2D eigenvalue weighted by Crippen LogP contribution is -2.44. The molecule has 0 spiro atoms. The maximum atomic E-state index is 12.2. The van der Waals surface area contributed by atoms with Gasteiger partial charge in [-0.25, -0.2) is 4.79 Å². The van der Waals surface area contributed by atoms with Gasteiger partial charge in [0.1, 0.15) is 0 Å². The van der Waals surface area contributed by atoms with Crippen LogP contribution in [0.4, 0.5) is 0 Å². The molecule has 0 aliphatic rings. The summed E-state index contributed by atoms with van der Waals surface area (Å²) in [6, 6.07) is -1.11. The third kappa shape index (κ3) is 5.00. The molecule has 1 atom stereocenters. The highest BCUT2D eigenvalue weighted by atomic mass is 16.5. The minimum Gasteiger partial charge on any atom is -0.480 e. The van der Waals surface area contributed by atoms with Crippen molar-refractivity contribution in [1.82, 2.24) is 15.1 Å². The largest absolute Gasteiger partial charge is 0.480 e. The van der Waals surface area contributed by atoms with Crippen molar-refractivity contribution in [2.45, 2.75) is 33.4 Å². The van der Waals surface area contributed by atoms with Crippen LogP contribution in [0, 0.1) is 12.8 Å². The highest BCUT2D eigenvalue weighted by molar-refractivity contribution is 5.97. The monoisotopic (exact) mass is 309 g/mol. The zero-order valence-electron chi connectivity index (χ0n) is 13.2. The van der Waals surface area contributed by atoms with Gasteiger partial charge in [0.2, 0.25) is 0 Å². The SMILES string of the molecule is C=CCOCC(NC(=O)c1cnn(CC(C)C)c1C)C(=O)O. The van der Waals surface area contributed by atoms with Crippen LogP contribution in [-0.2, 0) is 16.1 Å². The van der Waals surface area contributed by atoms with Crippen molar-refractivity contribution < 1.29 is 19.4 Å². The number of carboxylic acids is 1. The average Bonchev–Trinajstić information content (AvgIpc) is 2.78. The molecule has 0 fully saturated rings. The minimum absolute atomic E-state index is 0.119. The zero-order chi connectivity index (χ0) is 16.7. The minimum atomic E-state index is -1.15. The Morgan fingerprint density at radius 2 is 2.23 bits per heavy atom. The number of rotatable bonds is 9. The number of carbonyl (C=O) groups is 2. The number of carbonyl (C=O) groups excluding carboxylic acids is 1. The number of hydrogen-bond acceptors (Lipinski definition) is 4. The summed E-state index contributed by atoms with van der Waals surface area (Å²) in [5, 5.41) is 15.7. The van der Waals surface area contributed by atoms with E-state index in [-0.39, 0.29) is 13.2 Å². The standard InChI is InChI=1S/C15H23N3O4/c1-5-6-22-9-13(15(20)21)17-14(19)12-7-16-18(11(12)4)8-10(2)3/h5,7,10,13H,1,6,8-9H2,2-4H3,(H,17,19)(H,20,21). The number of nitrogens with zero attached hydrogens (tertiary/aromatic N) is 2. The van der Waals surface area contributed by atoms with Crippen LogP contribution in [-0.4, -0.2) is 46.0 Å². The summed E-state index contributed by atoms with van der Waals surface area (Å²) < 4.78 is 6.84. The van der Waals surface area contributed by atoms with Crippen LogP contribution >= 0.6 is 0 Å². The molecule has 1 heterocycles. The summed E-state index contributed by atoms with van der Waals surface area (Å²) in [4.78, 5) is 23.4. The molecule has 7 nitrogen and oxygen atoms in total. The first-order chi connectivity index (χ1) is 10.4. The lowest BCUT2D eigenvalue weighted by molar-refractivity contribution is -0.140. The van der Waals surface area contributed by atoms with Gasteiger partial charge in [0.15, 0.2) is 6.04 Å². The van der Waals surface area contributed by atoms with Gasteiger partial charge < -0.3 is 15.2 Å². The quantitative estimate of drug-likeness (QED) is 0.528. The summed E-state index contributed by atoms with van der Waals surface area (Å²) in [5.41, 5.74) is 1.08. The Labute approximate surface area is 130 Å². The van der Waals surface area contributed by atoms with Crippen molar-refractivity contribution in [3.63, 3.8) is 0 Å². The zero-order valence-corrected chi connectivity index (χ0v) is 13.2. The van der Waals surface area contributed by atoms with E-state index in [1.807, 2.05) is 0 Å². The van der Waals surface area contributed by atoms with Crippen molar-refractivity contribution in [2.24, 2.45) is 5.92 Å². The Hall–Kier alpha value is -2.15. The summed E-state index contributed by atoms with van der Waals surface area (Å²) >= 11 is 0. The van der Waals surface area contributed by atoms with E-state index < -0.39 is 17.9 Å². The van der Waals surface area contributed by atoms with Gasteiger partial charge >= 0.3 is 5.97 Å². The van der Waals surface area contributed by atoms with Crippen molar-refractivity contribution in [3.05, 3.63) is 30.1 Å². The predicted molar refractivity (Wildman–Crippen MR) is 81.7 cm³/mol. The van der Waals surface area contributed by atoms with E-state index in [1.54, 1.807) is 11.6 Å². The van der Waals surface area contributed by atoms with E-state index in [2.05, 4.69) is 30.8 Å². The van der Waals surface area contributed by atoms with Crippen LogP contribution in [0.3, 0.4) is 0 Å². The van der Waals surface area contributed by atoms with Gasteiger partial charge in [-0.1, -0.05) is 19.9 Å². The van der Waals surface area contributed by atoms with Gasteiger partial charge in [-0.3, -0.25) is 9.48 Å². The first-order valence-corrected chi connectivity index (χ1v) is 7.11. The van der Waals surface area contributed by atoms with Crippen molar-refractivity contribution in [1.29, 1.82) is 0 Å². The normalized spacial score (nSPS) is 12.2. The van der Waals surface area contributed by atoms with Gasteiger partial charge in [-0.2, -0.15) is 5.10 Å². The molecule has 0 saturated heterocycles. The molecular weight excluding hydrogens is 286 g/mol. The van der Waals surface area contributed by atoms with Gasteiger partial charge in [0.25, 0.3) is 5.91 Å². The van der Waals surface area contributed by atoms with Crippen LogP contribution in [0.25, 0.3) is 0 Å². The lowest BCUT2D eigenvalue weighted by atomic mass is 10.2. The molecule has 0 aliphatic carbocycles. The van der Waals surface area contributed by atoms with Crippen LogP contribution < -0.4 is 5.32 Å². The second kappa shape index (κ2) is 8.33. The topological polar surface area (TPSA) is 93.5 Å². The Kier molecular flexibility index (Phi) is 6.78. The maximum Gasteiger partial charge on any atom is 0.328 e. The Balaban J connectivity index is 2.75. The average molecular weight is 309 g/mol. The fourth-order valence-electron chi connectivity index (χ4n) is 1.88.